The number of Topliss-reactive ketones (excluding diaryl/α,β-unsaturated/α-hetero) is 1. The van der Waals surface area contributed by atoms with E-state index in [1.54, 1.807) is 0 Å². The van der Waals surface area contributed by atoms with Crippen LogP contribution in [0.3, 0.4) is 0 Å². The number of ketones is 1. The molecule has 0 amide bonds. The van der Waals surface area contributed by atoms with Crippen molar-refractivity contribution >= 4 is 23.1 Å². The molecule has 1 atom stereocenters. The van der Waals surface area contributed by atoms with Crippen molar-refractivity contribution in [1.82, 2.24) is 9.47 Å². The number of aromatic nitrogens is 1. The summed E-state index contributed by atoms with van der Waals surface area (Å²) in [5.41, 5.74) is 4.23. The molecule has 4 rings (SSSR count). The van der Waals surface area contributed by atoms with Crippen LogP contribution in [0.1, 0.15) is 34.6 Å². The van der Waals surface area contributed by atoms with Gasteiger partial charge in [0.2, 0.25) is 0 Å². The summed E-state index contributed by atoms with van der Waals surface area (Å²) >= 11 is 6.12. The predicted octanol–water partition coefficient (Wildman–Crippen LogP) is 3.94. The van der Waals surface area contributed by atoms with E-state index in [1.165, 1.54) is 0 Å². The van der Waals surface area contributed by atoms with E-state index in [-0.39, 0.29) is 11.9 Å². The number of piperazine rings is 1. The number of carbonyl (C=O) groups is 1. The third kappa shape index (κ3) is 4.68. The molecule has 6 heteroatoms. The monoisotopic (exact) mass is 415 g/mol. The van der Waals surface area contributed by atoms with E-state index >= 15 is 0 Å². The number of nitrogens with zero attached hydrogens (tertiary/aromatic N) is 3. The lowest BCUT2D eigenvalue weighted by atomic mass is 10.1. The van der Waals surface area contributed by atoms with E-state index in [0.29, 0.717) is 6.54 Å². The molecular formula is C23H30ClN3O2. The number of hydrogen-bond acceptors (Lipinski definition) is 4. The van der Waals surface area contributed by atoms with Crippen molar-refractivity contribution in [2.45, 2.75) is 39.3 Å². The van der Waals surface area contributed by atoms with Gasteiger partial charge >= 0.3 is 0 Å². The predicted molar refractivity (Wildman–Crippen MR) is 117 cm³/mol. The highest BCUT2D eigenvalue weighted by Crippen LogP contribution is 2.23. The minimum Gasteiger partial charge on any atom is -0.376 e. The van der Waals surface area contributed by atoms with Crippen LogP contribution in [0.2, 0.25) is 5.02 Å². The second-order valence-electron chi connectivity index (χ2n) is 8.20. The topological polar surface area (TPSA) is 37.7 Å². The molecule has 1 aromatic heterocycles. The van der Waals surface area contributed by atoms with Crippen molar-refractivity contribution in [3.63, 3.8) is 0 Å². The molecule has 156 valence electrons. The molecule has 0 spiro atoms. The fourth-order valence-corrected chi connectivity index (χ4v) is 4.67. The minimum absolute atomic E-state index is 0.216. The van der Waals surface area contributed by atoms with E-state index in [2.05, 4.69) is 40.3 Å². The standard InChI is InChI=1S/C23H30ClN3O2/c1-17-13-22(18(2)27(17)15-21-7-4-12-29-21)23(28)16-25-8-10-26(11-9-25)20-6-3-5-19(24)14-20/h3,5-6,13-14,21H,4,7-12,15-16H2,1-2H3/t21-/m1/s1. The van der Waals surface area contributed by atoms with Gasteiger partial charge in [-0.15, -0.1) is 0 Å². The number of rotatable bonds is 6. The Kier molecular flexibility index (Phi) is 6.28. The maximum atomic E-state index is 13.0. The summed E-state index contributed by atoms with van der Waals surface area (Å²) in [5, 5.41) is 0.762. The molecule has 0 bridgehead atoms. The maximum Gasteiger partial charge on any atom is 0.178 e. The second kappa shape index (κ2) is 8.90. The molecule has 0 saturated carbocycles. The Morgan fingerprint density at radius 2 is 1.97 bits per heavy atom. The van der Waals surface area contributed by atoms with Gasteiger partial charge in [-0.05, 0) is 51.0 Å². The second-order valence-corrected chi connectivity index (χ2v) is 8.63. The molecule has 2 saturated heterocycles. The number of ether oxygens (including phenoxy) is 1. The number of carbonyl (C=O) groups excluding carboxylic acids is 1. The summed E-state index contributed by atoms with van der Waals surface area (Å²) in [6.07, 6.45) is 2.52. The summed E-state index contributed by atoms with van der Waals surface area (Å²) in [4.78, 5) is 17.6. The lowest BCUT2D eigenvalue weighted by Crippen LogP contribution is -2.48. The molecule has 0 unspecified atom stereocenters. The van der Waals surface area contributed by atoms with Gasteiger partial charge in [-0.2, -0.15) is 0 Å². The molecule has 2 aromatic rings. The first kappa shape index (κ1) is 20.5. The molecule has 29 heavy (non-hydrogen) atoms. The zero-order valence-corrected chi connectivity index (χ0v) is 18.1. The van der Waals surface area contributed by atoms with Crippen LogP contribution in [0, 0.1) is 13.8 Å². The Labute approximate surface area is 178 Å². The molecule has 0 aliphatic carbocycles. The summed E-state index contributed by atoms with van der Waals surface area (Å²) < 4.78 is 8.04. The lowest BCUT2D eigenvalue weighted by molar-refractivity contribution is 0.0918. The molecule has 1 aromatic carbocycles. The van der Waals surface area contributed by atoms with E-state index in [1.807, 2.05) is 18.2 Å². The Morgan fingerprint density at radius 1 is 1.17 bits per heavy atom. The van der Waals surface area contributed by atoms with Crippen molar-refractivity contribution < 1.29 is 9.53 Å². The van der Waals surface area contributed by atoms with E-state index in [9.17, 15) is 4.79 Å². The largest absolute Gasteiger partial charge is 0.376 e. The number of aryl methyl sites for hydroxylation is 1. The van der Waals surface area contributed by atoms with Gasteiger partial charge in [-0.25, -0.2) is 0 Å². The Bertz CT molecular complexity index is 865. The van der Waals surface area contributed by atoms with E-state index < -0.39 is 0 Å². The van der Waals surface area contributed by atoms with Crippen LogP contribution in [0.5, 0.6) is 0 Å². The summed E-state index contributed by atoms with van der Waals surface area (Å²) in [6.45, 7) is 9.92. The first-order valence-corrected chi connectivity index (χ1v) is 10.9. The van der Waals surface area contributed by atoms with Gasteiger partial charge in [-0.1, -0.05) is 17.7 Å². The maximum absolute atomic E-state index is 13.0. The van der Waals surface area contributed by atoms with Crippen LogP contribution < -0.4 is 4.90 Å². The van der Waals surface area contributed by atoms with Crippen molar-refractivity contribution in [2.24, 2.45) is 0 Å². The van der Waals surface area contributed by atoms with Crippen LogP contribution in [0.15, 0.2) is 30.3 Å². The SMILES string of the molecule is Cc1cc(C(=O)CN2CCN(c3cccc(Cl)c3)CC2)c(C)n1C[C@H]1CCCO1. The molecule has 2 aliphatic rings. The minimum atomic E-state index is 0.216. The van der Waals surface area contributed by atoms with Crippen molar-refractivity contribution in [3.05, 3.63) is 52.3 Å². The van der Waals surface area contributed by atoms with Gasteiger partial charge in [0.15, 0.2) is 5.78 Å². The zero-order valence-electron chi connectivity index (χ0n) is 17.4. The van der Waals surface area contributed by atoms with E-state index in [0.717, 1.165) is 79.8 Å². The Morgan fingerprint density at radius 3 is 2.66 bits per heavy atom. The van der Waals surface area contributed by atoms with Gasteiger partial charge in [0.1, 0.15) is 0 Å². The average molecular weight is 416 g/mol. The van der Waals surface area contributed by atoms with Gasteiger partial charge in [0, 0.05) is 67.0 Å². The molecular weight excluding hydrogens is 386 g/mol. The average Bonchev–Trinajstić information content (AvgIpc) is 3.32. The number of anilines is 1. The molecule has 5 nitrogen and oxygen atoms in total. The first-order chi connectivity index (χ1) is 14.0. The highest BCUT2D eigenvalue weighted by molar-refractivity contribution is 6.30. The Balaban J connectivity index is 1.35. The smallest absolute Gasteiger partial charge is 0.178 e. The molecule has 3 heterocycles. The highest BCUT2D eigenvalue weighted by Gasteiger charge is 2.24. The lowest BCUT2D eigenvalue weighted by Gasteiger charge is -2.35. The number of benzene rings is 1. The van der Waals surface area contributed by atoms with Crippen LogP contribution in [0.25, 0.3) is 0 Å². The number of hydrogen-bond donors (Lipinski definition) is 0. The Hall–Kier alpha value is -1.82. The highest BCUT2D eigenvalue weighted by atomic mass is 35.5. The van der Waals surface area contributed by atoms with Gasteiger partial charge in [0.25, 0.3) is 0 Å². The van der Waals surface area contributed by atoms with Crippen molar-refractivity contribution in [2.75, 3.05) is 44.2 Å². The molecule has 2 aliphatic heterocycles. The van der Waals surface area contributed by atoms with Crippen LogP contribution >= 0.6 is 11.6 Å². The normalized spacial score (nSPS) is 20.4. The fourth-order valence-electron chi connectivity index (χ4n) is 4.48. The summed E-state index contributed by atoms with van der Waals surface area (Å²) in [6, 6.07) is 10.0. The molecule has 0 N–H and O–H groups in total. The van der Waals surface area contributed by atoms with Crippen molar-refractivity contribution in [1.29, 1.82) is 0 Å². The zero-order chi connectivity index (χ0) is 20.4. The number of halogens is 1. The molecule has 2 fully saturated rings. The van der Waals surface area contributed by atoms with Gasteiger partial charge in [-0.3, -0.25) is 9.69 Å². The summed E-state index contributed by atoms with van der Waals surface area (Å²) in [5.74, 6) is 0.216. The van der Waals surface area contributed by atoms with Gasteiger partial charge < -0.3 is 14.2 Å². The van der Waals surface area contributed by atoms with Crippen LogP contribution in [-0.2, 0) is 11.3 Å². The first-order valence-electron chi connectivity index (χ1n) is 10.6. The third-order valence-electron chi connectivity index (χ3n) is 6.20. The third-order valence-corrected chi connectivity index (χ3v) is 6.43. The van der Waals surface area contributed by atoms with Crippen LogP contribution in [-0.4, -0.2) is 60.7 Å². The van der Waals surface area contributed by atoms with E-state index in [4.69, 9.17) is 16.3 Å². The molecule has 0 radical (unpaired) electrons. The van der Waals surface area contributed by atoms with Crippen LogP contribution in [0.4, 0.5) is 5.69 Å². The fraction of sp³-hybridized carbons (Fsp3) is 0.522. The quantitative estimate of drug-likeness (QED) is 0.670. The van der Waals surface area contributed by atoms with Gasteiger partial charge in [0.05, 0.1) is 12.6 Å². The summed E-state index contributed by atoms with van der Waals surface area (Å²) in [7, 11) is 0. The van der Waals surface area contributed by atoms with Crippen molar-refractivity contribution in [3.8, 4) is 0 Å².